The summed E-state index contributed by atoms with van der Waals surface area (Å²) in [5.74, 6) is 0.397. The van der Waals surface area contributed by atoms with Gasteiger partial charge in [0, 0.05) is 24.3 Å². The molecule has 1 aliphatic carbocycles. The predicted molar refractivity (Wildman–Crippen MR) is 116 cm³/mol. The third-order valence-electron chi connectivity index (χ3n) is 6.60. The highest BCUT2D eigenvalue weighted by Crippen LogP contribution is 2.32. The van der Waals surface area contributed by atoms with Crippen LogP contribution in [0.5, 0.6) is 5.75 Å². The van der Waals surface area contributed by atoms with E-state index in [2.05, 4.69) is 0 Å². The van der Waals surface area contributed by atoms with E-state index in [4.69, 9.17) is 5.10 Å². The van der Waals surface area contributed by atoms with Crippen LogP contribution in [0.1, 0.15) is 58.9 Å². The van der Waals surface area contributed by atoms with Gasteiger partial charge in [0.25, 0.3) is 5.91 Å². The van der Waals surface area contributed by atoms with Gasteiger partial charge < -0.3 is 10.0 Å². The van der Waals surface area contributed by atoms with Crippen LogP contribution in [0.2, 0.25) is 0 Å². The van der Waals surface area contributed by atoms with Crippen molar-refractivity contribution in [3.05, 3.63) is 76.9 Å². The molecule has 1 aliphatic heterocycles. The van der Waals surface area contributed by atoms with E-state index >= 15 is 0 Å². The number of hydrogen-bond acceptors (Lipinski definition) is 3. The minimum atomic E-state index is -0.280. The summed E-state index contributed by atoms with van der Waals surface area (Å²) in [5, 5.41) is 14.2. The van der Waals surface area contributed by atoms with Crippen molar-refractivity contribution in [3.63, 3.8) is 0 Å². The Morgan fingerprint density at radius 3 is 2.35 bits per heavy atom. The second kappa shape index (κ2) is 8.17. The van der Waals surface area contributed by atoms with Crippen LogP contribution in [0.3, 0.4) is 0 Å². The largest absolute Gasteiger partial charge is 0.508 e. The molecule has 1 saturated heterocycles. The number of piperidine rings is 1. The molecule has 0 unspecified atom stereocenters. The highest BCUT2D eigenvalue weighted by atomic mass is 19.1. The second-order valence-corrected chi connectivity index (χ2v) is 8.53. The minimum absolute atomic E-state index is 0.00293. The number of amides is 1. The van der Waals surface area contributed by atoms with Gasteiger partial charge in [0.05, 0.1) is 5.69 Å². The topological polar surface area (TPSA) is 58.4 Å². The van der Waals surface area contributed by atoms with Crippen LogP contribution in [0, 0.1) is 5.82 Å². The van der Waals surface area contributed by atoms with Crippen LogP contribution < -0.4 is 0 Å². The van der Waals surface area contributed by atoms with Crippen LogP contribution in [0.4, 0.5) is 4.39 Å². The van der Waals surface area contributed by atoms with Gasteiger partial charge in [0.15, 0.2) is 5.69 Å². The molecule has 2 aromatic carbocycles. The molecule has 0 atom stereocenters. The lowest BCUT2D eigenvalue weighted by atomic mass is 9.89. The van der Waals surface area contributed by atoms with E-state index in [0.717, 1.165) is 55.5 Å². The number of nitrogens with zero attached hydrogens (tertiary/aromatic N) is 3. The smallest absolute Gasteiger partial charge is 0.274 e. The molecule has 1 N–H and O–H groups in total. The van der Waals surface area contributed by atoms with E-state index in [1.54, 1.807) is 24.3 Å². The van der Waals surface area contributed by atoms with Crippen LogP contribution in [0.15, 0.2) is 48.5 Å². The first-order chi connectivity index (χ1) is 15.1. The lowest BCUT2D eigenvalue weighted by Crippen LogP contribution is -2.38. The van der Waals surface area contributed by atoms with Gasteiger partial charge in [-0.1, -0.05) is 12.1 Å². The van der Waals surface area contributed by atoms with Crippen molar-refractivity contribution in [2.24, 2.45) is 0 Å². The van der Waals surface area contributed by atoms with E-state index in [1.165, 1.54) is 17.7 Å². The summed E-state index contributed by atoms with van der Waals surface area (Å²) in [5.41, 5.74) is 4.70. The minimum Gasteiger partial charge on any atom is -0.508 e. The Morgan fingerprint density at radius 1 is 0.968 bits per heavy atom. The van der Waals surface area contributed by atoms with Gasteiger partial charge in [-0.25, -0.2) is 9.07 Å². The molecule has 5 rings (SSSR count). The van der Waals surface area contributed by atoms with E-state index in [0.29, 0.717) is 24.7 Å². The maximum Gasteiger partial charge on any atom is 0.274 e. The molecule has 0 saturated carbocycles. The number of phenolic OH excluding ortho intramolecular Hbond substituents is 1. The van der Waals surface area contributed by atoms with E-state index < -0.39 is 0 Å². The summed E-state index contributed by atoms with van der Waals surface area (Å²) in [6.07, 6.45) is 5.68. The molecule has 6 heteroatoms. The van der Waals surface area contributed by atoms with Crippen molar-refractivity contribution in [3.8, 4) is 11.4 Å². The Morgan fingerprint density at radius 2 is 1.65 bits per heavy atom. The molecule has 1 aromatic heterocycles. The average Bonchev–Trinajstić information content (AvgIpc) is 3.19. The molecule has 1 amide bonds. The molecule has 0 radical (unpaired) electrons. The van der Waals surface area contributed by atoms with Gasteiger partial charge in [-0.05, 0) is 86.4 Å². The Bertz CT molecular complexity index is 1080. The molecule has 3 aromatic rings. The number of phenols is 1. The highest BCUT2D eigenvalue weighted by Gasteiger charge is 2.31. The number of aromatic nitrogens is 2. The molecular formula is C25H26FN3O2. The third-order valence-corrected chi connectivity index (χ3v) is 6.60. The monoisotopic (exact) mass is 419 g/mol. The zero-order valence-electron chi connectivity index (χ0n) is 17.4. The summed E-state index contributed by atoms with van der Waals surface area (Å²) in [4.78, 5) is 15.3. The highest BCUT2D eigenvalue weighted by molar-refractivity contribution is 5.94. The maximum atomic E-state index is 13.4. The number of carbonyl (C=O) groups excluding carboxylic acids is 1. The number of carbonyl (C=O) groups is 1. The van der Waals surface area contributed by atoms with Crippen molar-refractivity contribution in [2.45, 2.75) is 44.4 Å². The van der Waals surface area contributed by atoms with E-state index in [9.17, 15) is 14.3 Å². The Balaban J connectivity index is 1.37. The summed E-state index contributed by atoms with van der Waals surface area (Å²) in [6, 6.07) is 13.7. The lowest BCUT2D eigenvalue weighted by molar-refractivity contribution is 0.0705. The summed E-state index contributed by atoms with van der Waals surface area (Å²) >= 11 is 0. The maximum absolute atomic E-state index is 13.4. The lowest BCUT2D eigenvalue weighted by Gasteiger charge is -2.32. The first kappa shape index (κ1) is 19.8. The molecule has 2 aliphatic rings. The summed E-state index contributed by atoms with van der Waals surface area (Å²) in [7, 11) is 0. The molecule has 1 fully saturated rings. The van der Waals surface area contributed by atoms with Crippen LogP contribution >= 0.6 is 0 Å². The summed E-state index contributed by atoms with van der Waals surface area (Å²) in [6.45, 7) is 1.39. The van der Waals surface area contributed by atoms with E-state index in [1.807, 2.05) is 21.7 Å². The Hall–Kier alpha value is -3.15. The van der Waals surface area contributed by atoms with Gasteiger partial charge in [0.1, 0.15) is 11.6 Å². The Labute approximate surface area is 181 Å². The van der Waals surface area contributed by atoms with Gasteiger partial charge in [0.2, 0.25) is 0 Å². The van der Waals surface area contributed by atoms with E-state index in [-0.39, 0.29) is 17.5 Å². The van der Waals surface area contributed by atoms with Crippen molar-refractivity contribution in [1.29, 1.82) is 0 Å². The zero-order valence-corrected chi connectivity index (χ0v) is 17.4. The van der Waals surface area contributed by atoms with Gasteiger partial charge in [-0.15, -0.1) is 0 Å². The first-order valence-corrected chi connectivity index (χ1v) is 11.0. The molecule has 0 spiro atoms. The normalized spacial score (nSPS) is 16.9. The molecule has 5 nitrogen and oxygen atoms in total. The quantitative estimate of drug-likeness (QED) is 0.674. The standard InChI is InChI=1S/C25H26FN3O2/c26-19-7-9-20(10-8-19)29-23-4-2-1-3-22(23)24(27-29)25(31)28-15-13-18(14-16-28)17-5-11-21(30)12-6-17/h5-12,18,30H,1-4,13-16H2. The number of rotatable bonds is 3. The molecular weight excluding hydrogens is 393 g/mol. The number of aromatic hydroxyl groups is 1. The number of fused-ring (bicyclic) bond motifs is 1. The fraction of sp³-hybridized carbons (Fsp3) is 0.360. The molecule has 0 bridgehead atoms. The van der Waals surface area contributed by atoms with Crippen LogP contribution in [-0.4, -0.2) is 38.8 Å². The number of halogens is 1. The molecule has 2 heterocycles. The zero-order chi connectivity index (χ0) is 21.4. The first-order valence-electron chi connectivity index (χ1n) is 11.0. The van der Waals surface area contributed by atoms with Gasteiger partial charge >= 0.3 is 0 Å². The van der Waals surface area contributed by atoms with Gasteiger partial charge in [-0.2, -0.15) is 5.10 Å². The van der Waals surface area contributed by atoms with Crippen molar-refractivity contribution in [1.82, 2.24) is 14.7 Å². The average molecular weight is 420 g/mol. The van der Waals surface area contributed by atoms with Crippen molar-refractivity contribution in [2.75, 3.05) is 13.1 Å². The van der Waals surface area contributed by atoms with Crippen LogP contribution in [-0.2, 0) is 12.8 Å². The third kappa shape index (κ3) is 3.82. The molecule has 31 heavy (non-hydrogen) atoms. The number of hydrogen-bond donors (Lipinski definition) is 1. The number of benzene rings is 2. The number of likely N-dealkylation sites (tertiary alicyclic amines) is 1. The van der Waals surface area contributed by atoms with Crippen LogP contribution in [0.25, 0.3) is 5.69 Å². The summed E-state index contributed by atoms with van der Waals surface area (Å²) < 4.78 is 15.2. The van der Waals surface area contributed by atoms with Gasteiger partial charge in [-0.3, -0.25) is 4.79 Å². The fourth-order valence-electron chi connectivity index (χ4n) is 4.88. The fourth-order valence-corrected chi connectivity index (χ4v) is 4.88. The SMILES string of the molecule is O=C(c1nn(-c2ccc(F)cc2)c2c1CCCC2)N1CCC(c2ccc(O)cc2)CC1. The van der Waals surface area contributed by atoms with Crippen molar-refractivity contribution < 1.29 is 14.3 Å². The second-order valence-electron chi connectivity index (χ2n) is 8.53. The molecule has 160 valence electrons. The predicted octanol–water partition coefficient (Wildman–Crippen LogP) is 4.62. The van der Waals surface area contributed by atoms with Crippen molar-refractivity contribution >= 4 is 5.91 Å². The Kier molecular flexibility index (Phi) is 5.22.